The molecule has 2 heterocycles. The second-order valence-corrected chi connectivity index (χ2v) is 7.90. The summed E-state index contributed by atoms with van der Waals surface area (Å²) in [7, 11) is 0. The summed E-state index contributed by atoms with van der Waals surface area (Å²) in [6.07, 6.45) is 5.85. The lowest BCUT2D eigenvalue weighted by atomic mass is 9.75. The number of aliphatic hydroxyl groups excluding tert-OH is 1. The highest BCUT2D eigenvalue weighted by molar-refractivity contribution is 5.84. The van der Waals surface area contributed by atoms with Crippen LogP contribution in [0.2, 0.25) is 0 Å². The van der Waals surface area contributed by atoms with Crippen molar-refractivity contribution in [3.05, 3.63) is 77.6 Å². The first-order chi connectivity index (χ1) is 13.6. The van der Waals surface area contributed by atoms with Gasteiger partial charge in [0.15, 0.2) is 0 Å². The van der Waals surface area contributed by atoms with Crippen molar-refractivity contribution in [2.75, 3.05) is 19.7 Å². The minimum absolute atomic E-state index is 0.0141. The number of hydrogen-bond donors (Lipinski definition) is 1. The van der Waals surface area contributed by atoms with Gasteiger partial charge in [0.1, 0.15) is 11.6 Å². The van der Waals surface area contributed by atoms with E-state index in [9.17, 15) is 13.9 Å². The predicted molar refractivity (Wildman–Crippen MR) is 106 cm³/mol. The molecular formula is C23H24F2N2O. The first kappa shape index (κ1) is 19.0. The standard InChI is InChI=1S/C23H24F2N2O/c24-20-6-5-17(22(25)11-20)12-23(16-28)8-2-10-27(15-23)14-19-4-1-3-18-13-26-9-7-21(18)19/h1,3-7,9,11,13,28H,2,8,10,12,14-16H2. The molecule has 4 rings (SSSR count). The third-order valence-electron chi connectivity index (χ3n) is 5.82. The minimum atomic E-state index is -0.574. The van der Waals surface area contributed by atoms with E-state index in [-0.39, 0.29) is 6.61 Å². The lowest BCUT2D eigenvalue weighted by molar-refractivity contribution is 0.0284. The van der Waals surface area contributed by atoms with Crippen LogP contribution in [0.15, 0.2) is 54.9 Å². The third kappa shape index (κ3) is 3.91. The van der Waals surface area contributed by atoms with Crippen molar-refractivity contribution in [2.45, 2.75) is 25.8 Å². The lowest BCUT2D eigenvalue weighted by Gasteiger charge is -2.42. The van der Waals surface area contributed by atoms with Crippen LogP contribution >= 0.6 is 0 Å². The molecule has 28 heavy (non-hydrogen) atoms. The van der Waals surface area contributed by atoms with E-state index in [4.69, 9.17) is 0 Å². The first-order valence-electron chi connectivity index (χ1n) is 9.67. The first-order valence-corrected chi connectivity index (χ1v) is 9.67. The molecule has 0 saturated carbocycles. The summed E-state index contributed by atoms with van der Waals surface area (Å²) >= 11 is 0. The summed E-state index contributed by atoms with van der Waals surface area (Å²) in [6, 6.07) is 11.9. The van der Waals surface area contributed by atoms with E-state index in [1.807, 2.05) is 18.3 Å². The zero-order valence-corrected chi connectivity index (χ0v) is 15.7. The molecule has 0 spiro atoms. The van der Waals surface area contributed by atoms with Crippen molar-refractivity contribution >= 4 is 10.8 Å². The summed E-state index contributed by atoms with van der Waals surface area (Å²) in [5.74, 6) is -1.11. The number of pyridine rings is 1. The zero-order valence-electron chi connectivity index (χ0n) is 15.7. The Balaban J connectivity index is 1.55. The number of rotatable bonds is 5. The highest BCUT2D eigenvalue weighted by Crippen LogP contribution is 2.35. The molecule has 1 atom stereocenters. The Morgan fingerprint density at radius 2 is 2.00 bits per heavy atom. The second-order valence-electron chi connectivity index (χ2n) is 7.90. The van der Waals surface area contributed by atoms with E-state index in [0.717, 1.165) is 37.4 Å². The van der Waals surface area contributed by atoms with Crippen molar-refractivity contribution in [2.24, 2.45) is 5.41 Å². The van der Waals surface area contributed by atoms with Gasteiger partial charge >= 0.3 is 0 Å². The molecule has 0 aliphatic carbocycles. The molecular weight excluding hydrogens is 358 g/mol. The molecule has 1 unspecified atom stereocenters. The summed E-state index contributed by atoms with van der Waals surface area (Å²) in [6.45, 7) is 2.38. The molecule has 1 aliphatic rings. The average molecular weight is 382 g/mol. The van der Waals surface area contributed by atoms with Gasteiger partial charge < -0.3 is 5.11 Å². The molecule has 3 nitrogen and oxygen atoms in total. The maximum absolute atomic E-state index is 14.2. The van der Waals surface area contributed by atoms with Crippen LogP contribution in [0.3, 0.4) is 0 Å². The Kier molecular flexibility index (Phi) is 5.38. The number of fused-ring (bicyclic) bond motifs is 1. The van der Waals surface area contributed by atoms with Crippen LogP contribution in [-0.4, -0.2) is 34.7 Å². The summed E-state index contributed by atoms with van der Waals surface area (Å²) in [5.41, 5.74) is 1.28. The molecule has 0 bridgehead atoms. The van der Waals surface area contributed by atoms with E-state index in [1.165, 1.54) is 23.1 Å². The topological polar surface area (TPSA) is 36.4 Å². The molecule has 1 aliphatic heterocycles. The zero-order chi connectivity index (χ0) is 19.6. The van der Waals surface area contributed by atoms with Crippen LogP contribution < -0.4 is 0 Å². The van der Waals surface area contributed by atoms with Crippen LogP contribution in [-0.2, 0) is 13.0 Å². The van der Waals surface area contributed by atoms with Crippen LogP contribution in [0.5, 0.6) is 0 Å². The normalized spacial score (nSPS) is 20.5. The van der Waals surface area contributed by atoms with Crippen molar-refractivity contribution < 1.29 is 13.9 Å². The highest BCUT2D eigenvalue weighted by Gasteiger charge is 2.36. The van der Waals surface area contributed by atoms with Gasteiger partial charge in [-0.25, -0.2) is 8.78 Å². The fraction of sp³-hybridized carbons (Fsp3) is 0.348. The SMILES string of the molecule is OCC1(Cc2ccc(F)cc2F)CCCN(Cc2cccc3cnccc23)C1. The Morgan fingerprint density at radius 1 is 1.11 bits per heavy atom. The highest BCUT2D eigenvalue weighted by atomic mass is 19.1. The fourth-order valence-electron chi connectivity index (χ4n) is 4.41. The number of halogens is 2. The van der Waals surface area contributed by atoms with Gasteiger partial charge in [0.05, 0.1) is 6.61 Å². The molecule has 1 fully saturated rings. The number of benzene rings is 2. The monoisotopic (exact) mass is 382 g/mol. The Morgan fingerprint density at radius 3 is 2.82 bits per heavy atom. The Hall–Kier alpha value is -2.37. The molecule has 146 valence electrons. The minimum Gasteiger partial charge on any atom is -0.396 e. The quantitative estimate of drug-likeness (QED) is 0.714. The van der Waals surface area contributed by atoms with Crippen LogP contribution in [0.25, 0.3) is 10.8 Å². The third-order valence-corrected chi connectivity index (χ3v) is 5.82. The van der Waals surface area contributed by atoms with Crippen molar-refractivity contribution in [1.29, 1.82) is 0 Å². The number of hydrogen-bond acceptors (Lipinski definition) is 3. The van der Waals surface area contributed by atoms with E-state index >= 15 is 0 Å². The second kappa shape index (κ2) is 7.94. The van der Waals surface area contributed by atoms with Gasteiger partial charge in [-0.1, -0.05) is 24.3 Å². The molecule has 0 amide bonds. The number of likely N-dealkylation sites (tertiary alicyclic amines) is 1. The van der Waals surface area contributed by atoms with Gasteiger partial charge in [-0.05, 0) is 54.5 Å². The summed E-state index contributed by atoms with van der Waals surface area (Å²) in [5, 5.41) is 12.5. The van der Waals surface area contributed by atoms with Crippen LogP contribution in [0, 0.1) is 17.0 Å². The van der Waals surface area contributed by atoms with E-state index in [2.05, 4.69) is 22.0 Å². The number of nitrogens with zero attached hydrogens (tertiary/aromatic N) is 2. The fourth-order valence-corrected chi connectivity index (χ4v) is 4.41. The Bertz CT molecular complexity index is 972. The van der Waals surface area contributed by atoms with Gasteiger partial charge in [0.25, 0.3) is 0 Å². The molecule has 1 aromatic heterocycles. The van der Waals surface area contributed by atoms with Crippen molar-refractivity contribution in [1.82, 2.24) is 9.88 Å². The Labute approximate surface area is 163 Å². The maximum atomic E-state index is 14.2. The molecule has 3 aromatic rings. The van der Waals surface area contributed by atoms with E-state index in [1.54, 1.807) is 6.20 Å². The number of aromatic nitrogens is 1. The smallest absolute Gasteiger partial charge is 0.129 e. The maximum Gasteiger partial charge on any atom is 0.129 e. The van der Waals surface area contributed by atoms with E-state index < -0.39 is 17.0 Å². The molecule has 1 saturated heterocycles. The van der Waals surface area contributed by atoms with Crippen LogP contribution in [0.4, 0.5) is 8.78 Å². The largest absolute Gasteiger partial charge is 0.396 e. The van der Waals surface area contributed by atoms with Crippen molar-refractivity contribution in [3.63, 3.8) is 0 Å². The van der Waals surface area contributed by atoms with Gasteiger partial charge in [0.2, 0.25) is 0 Å². The summed E-state index contributed by atoms with van der Waals surface area (Å²) < 4.78 is 27.4. The lowest BCUT2D eigenvalue weighted by Crippen LogP contribution is -2.46. The van der Waals surface area contributed by atoms with Gasteiger partial charge in [-0.2, -0.15) is 0 Å². The number of piperidine rings is 1. The average Bonchev–Trinajstić information content (AvgIpc) is 2.71. The van der Waals surface area contributed by atoms with Crippen LogP contribution in [0.1, 0.15) is 24.0 Å². The number of aliphatic hydroxyl groups is 1. The molecule has 1 N–H and O–H groups in total. The van der Waals surface area contributed by atoms with Gasteiger partial charge in [-0.3, -0.25) is 9.88 Å². The molecule has 5 heteroatoms. The van der Waals surface area contributed by atoms with Gasteiger partial charge in [-0.15, -0.1) is 0 Å². The van der Waals surface area contributed by atoms with Gasteiger partial charge in [0, 0.05) is 42.4 Å². The summed E-state index contributed by atoms with van der Waals surface area (Å²) in [4.78, 5) is 6.52. The van der Waals surface area contributed by atoms with E-state index in [0.29, 0.717) is 18.5 Å². The predicted octanol–water partition coefficient (Wildman–Crippen LogP) is 4.33. The van der Waals surface area contributed by atoms with Crippen molar-refractivity contribution in [3.8, 4) is 0 Å². The molecule has 0 radical (unpaired) electrons. The molecule has 2 aromatic carbocycles.